The monoisotopic (exact) mass is 800 g/mol. The van der Waals surface area contributed by atoms with E-state index < -0.39 is 113 Å². The van der Waals surface area contributed by atoms with Crippen molar-refractivity contribution < 1.29 is 92.2 Å². The Morgan fingerprint density at radius 3 is 1.03 bits per heavy atom. The van der Waals surface area contributed by atoms with Gasteiger partial charge in [-0.1, -0.05) is 22.6 Å². The van der Waals surface area contributed by atoms with Crippen LogP contribution in [-0.2, 0) is 0 Å². The molecule has 0 bridgehead atoms. The molecule has 0 aromatic carbocycles. The van der Waals surface area contributed by atoms with Crippen molar-refractivity contribution in [2.45, 2.75) is 67.8 Å². The van der Waals surface area contributed by atoms with Crippen LogP contribution in [0, 0.1) is 0 Å². The third-order valence-electron chi connectivity index (χ3n) is 4.00. The Morgan fingerprint density at radius 1 is 0.429 bits per heavy atom. The van der Waals surface area contributed by atoms with Crippen molar-refractivity contribution in [2.75, 3.05) is 0 Å². The molecule has 0 rings (SSSR count). The fourth-order valence-corrected chi connectivity index (χ4v) is 3.15. The number of rotatable bonds is 10. The van der Waals surface area contributed by atoms with Gasteiger partial charge in [0.2, 0.25) is 0 Å². The smallest absolute Gasteiger partial charge is 0.200 e. The van der Waals surface area contributed by atoms with Gasteiger partial charge >= 0.3 is 57.5 Å². The molecular formula is C12H3F21I2. The summed E-state index contributed by atoms with van der Waals surface area (Å²) in [5.74, 6) is -62.1. The number of hydrogen-bond donors (Lipinski definition) is 0. The normalized spacial score (nSPS) is 17.6. The zero-order valence-electron chi connectivity index (χ0n) is 15.0. The Kier molecular flexibility index (Phi) is 9.03. The van der Waals surface area contributed by atoms with Gasteiger partial charge in [-0.15, -0.1) is 0 Å². The van der Waals surface area contributed by atoms with Crippen LogP contribution in [0.25, 0.3) is 0 Å². The molecule has 0 N–H and O–H groups in total. The van der Waals surface area contributed by atoms with Gasteiger partial charge in [-0.3, -0.25) is 0 Å². The molecular weight excluding hydrogens is 797 g/mol. The van der Waals surface area contributed by atoms with Gasteiger partial charge in [0.1, 0.15) is 0 Å². The van der Waals surface area contributed by atoms with E-state index in [9.17, 15) is 92.2 Å². The highest BCUT2D eigenvalue weighted by molar-refractivity contribution is 14.1. The summed E-state index contributed by atoms with van der Waals surface area (Å²) in [6.07, 6.45) is -11.7. The first kappa shape index (κ1) is 35.0. The molecule has 0 heterocycles. The number of alkyl halides is 23. The summed E-state index contributed by atoms with van der Waals surface area (Å²) >= 11 is -1.47. The second-order valence-corrected chi connectivity index (χ2v) is 9.30. The Labute approximate surface area is 205 Å². The summed E-state index contributed by atoms with van der Waals surface area (Å²) in [4.78, 5) is 0. The summed E-state index contributed by atoms with van der Waals surface area (Å²) in [5, 5.41) is 0. The van der Waals surface area contributed by atoms with E-state index in [1.165, 1.54) is 0 Å². The van der Waals surface area contributed by atoms with E-state index in [-0.39, 0.29) is 0 Å². The summed E-state index contributed by atoms with van der Waals surface area (Å²) in [6.45, 7) is 0. The zero-order chi connectivity index (χ0) is 29.3. The van der Waals surface area contributed by atoms with Crippen LogP contribution in [0.5, 0.6) is 0 Å². The first-order valence-corrected chi connectivity index (χ1v) is 9.75. The van der Waals surface area contributed by atoms with E-state index >= 15 is 0 Å². The van der Waals surface area contributed by atoms with Gasteiger partial charge in [-0.05, 0) is 0 Å². The lowest BCUT2D eigenvalue weighted by atomic mass is 9.90. The van der Waals surface area contributed by atoms with Crippen molar-refractivity contribution >= 4 is 45.2 Å². The molecule has 0 aliphatic rings. The van der Waals surface area contributed by atoms with E-state index in [1.54, 1.807) is 0 Å². The third kappa shape index (κ3) is 5.05. The van der Waals surface area contributed by atoms with E-state index in [4.69, 9.17) is 0 Å². The summed E-state index contributed by atoms with van der Waals surface area (Å²) in [5.41, 5.74) is 0. The summed E-state index contributed by atoms with van der Waals surface area (Å²) in [6, 6.07) is 0. The molecule has 0 fully saturated rings. The highest BCUT2D eigenvalue weighted by Crippen LogP contribution is 2.63. The molecule has 0 aliphatic heterocycles. The first-order chi connectivity index (χ1) is 14.6. The quantitative estimate of drug-likeness (QED) is 0.118. The van der Waals surface area contributed by atoms with Crippen LogP contribution in [0.15, 0.2) is 0 Å². The molecule has 0 aliphatic carbocycles. The maximum Gasteiger partial charge on any atom is 0.460 e. The molecule has 0 aromatic heterocycles. The predicted octanol–water partition coefficient (Wildman–Crippen LogP) is 8.85. The Bertz CT molecular complexity index is 759. The third-order valence-corrected chi connectivity index (χ3v) is 5.90. The van der Waals surface area contributed by atoms with Crippen LogP contribution in [0.3, 0.4) is 0 Å². The van der Waals surface area contributed by atoms with Crippen LogP contribution in [0.2, 0.25) is 0 Å². The van der Waals surface area contributed by atoms with Gasteiger partial charge in [-0.2, -0.15) is 92.2 Å². The Morgan fingerprint density at radius 2 is 0.743 bits per heavy atom. The lowest BCUT2D eigenvalue weighted by molar-refractivity contribution is -0.440. The maximum atomic E-state index is 13.7. The average Bonchev–Trinajstić information content (AvgIpc) is 2.58. The first-order valence-electron chi connectivity index (χ1n) is 7.43. The largest absolute Gasteiger partial charge is 0.460 e. The molecule has 1 unspecified atom stereocenters. The predicted molar refractivity (Wildman–Crippen MR) is 87.0 cm³/mol. The van der Waals surface area contributed by atoms with E-state index in [2.05, 4.69) is 0 Å². The van der Waals surface area contributed by atoms with Gasteiger partial charge in [0.15, 0.2) is 0 Å². The van der Waals surface area contributed by atoms with Crippen LogP contribution >= 0.6 is 45.2 Å². The molecule has 0 saturated carbocycles. The van der Waals surface area contributed by atoms with Crippen molar-refractivity contribution in [3.8, 4) is 0 Å². The van der Waals surface area contributed by atoms with Gasteiger partial charge in [0.25, 0.3) is 0 Å². The molecule has 0 nitrogen and oxygen atoms in total. The molecule has 0 aromatic rings. The zero-order valence-corrected chi connectivity index (χ0v) is 19.3. The highest BCUT2D eigenvalue weighted by atomic mass is 127. The Hall–Kier alpha value is -0.0100. The molecule has 0 saturated heterocycles. The van der Waals surface area contributed by atoms with Crippen molar-refractivity contribution in [1.82, 2.24) is 0 Å². The minimum Gasteiger partial charge on any atom is -0.200 e. The second-order valence-electron chi connectivity index (χ2n) is 6.44. The lowest BCUT2D eigenvalue weighted by Gasteiger charge is -2.42. The van der Waals surface area contributed by atoms with E-state index in [0.717, 1.165) is 0 Å². The summed E-state index contributed by atoms with van der Waals surface area (Å²) < 4.78 is 263. The van der Waals surface area contributed by atoms with Crippen LogP contribution in [0.1, 0.15) is 6.42 Å². The van der Waals surface area contributed by atoms with Crippen LogP contribution in [0.4, 0.5) is 92.2 Å². The van der Waals surface area contributed by atoms with Crippen molar-refractivity contribution in [3.05, 3.63) is 0 Å². The standard InChI is InChI=1S/C12H3F21I2/c13-3(14,5(17,18)10(27,28)12(32,33)35)1-2(34)4(15,16)6(19,20)7(21,22)8(23,24)9(25,26)11(29,30)31/h2H,1H2. The topological polar surface area (TPSA) is 0 Å². The molecule has 23 heteroatoms. The van der Waals surface area contributed by atoms with Crippen molar-refractivity contribution in [2.24, 2.45) is 0 Å². The van der Waals surface area contributed by atoms with Gasteiger partial charge in [0.05, 0.1) is 3.92 Å². The molecule has 0 amide bonds. The lowest BCUT2D eigenvalue weighted by Crippen LogP contribution is -2.71. The minimum absolute atomic E-state index is 0.636. The van der Waals surface area contributed by atoms with Crippen molar-refractivity contribution in [3.63, 3.8) is 0 Å². The SMILES string of the molecule is FC(F)(F)C(F)(F)C(F)(F)C(F)(F)C(F)(F)C(F)(F)C(I)CC(F)(F)C(F)(F)C(F)(F)C(F)(F)I. The van der Waals surface area contributed by atoms with Gasteiger partial charge in [-0.25, -0.2) is 0 Å². The molecule has 0 radical (unpaired) electrons. The second kappa shape index (κ2) is 9.03. The van der Waals surface area contributed by atoms with E-state index in [0.29, 0.717) is 0 Å². The fourth-order valence-electron chi connectivity index (χ4n) is 1.87. The van der Waals surface area contributed by atoms with Gasteiger partial charge < -0.3 is 0 Å². The van der Waals surface area contributed by atoms with Crippen LogP contribution < -0.4 is 0 Å². The van der Waals surface area contributed by atoms with Crippen molar-refractivity contribution in [1.29, 1.82) is 0 Å². The Balaban J connectivity index is 6.53. The number of halogens is 23. The fraction of sp³-hybridized carbons (Fsp3) is 1.00. The van der Waals surface area contributed by atoms with Crippen LogP contribution in [-0.4, -0.2) is 61.4 Å². The molecule has 1 atom stereocenters. The molecule has 0 spiro atoms. The molecule has 212 valence electrons. The van der Waals surface area contributed by atoms with E-state index in [1.807, 2.05) is 0 Å². The molecule has 35 heavy (non-hydrogen) atoms. The van der Waals surface area contributed by atoms with Gasteiger partial charge in [0, 0.05) is 29.0 Å². The summed E-state index contributed by atoms with van der Waals surface area (Å²) in [7, 11) is 0. The highest BCUT2D eigenvalue weighted by Gasteiger charge is 2.91. The minimum atomic E-state index is -8.47. The average molecular weight is 800 g/mol. The number of hydrogen-bond acceptors (Lipinski definition) is 0. The maximum absolute atomic E-state index is 13.7.